The van der Waals surface area contributed by atoms with E-state index in [1.807, 2.05) is 0 Å². The van der Waals surface area contributed by atoms with E-state index >= 15 is 0 Å². The smallest absolute Gasteiger partial charge is 0.340 e. The highest BCUT2D eigenvalue weighted by Gasteiger charge is 2.17. The minimum atomic E-state index is -1.39. The molecule has 64 valence electrons. The van der Waals surface area contributed by atoms with Crippen LogP contribution in [-0.2, 0) is 0 Å². The van der Waals surface area contributed by atoms with E-state index in [0.717, 1.165) is 6.20 Å². The first-order chi connectivity index (χ1) is 5.54. The zero-order valence-corrected chi connectivity index (χ0v) is 7.86. The highest BCUT2D eigenvalue weighted by atomic mass is 79.9. The van der Waals surface area contributed by atoms with Crippen LogP contribution in [0.4, 0.5) is 4.39 Å². The molecule has 0 bridgehead atoms. The molecule has 0 aromatic carbocycles. The number of hydrogen-bond donors (Lipinski definition) is 1. The summed E-state index contributed by atoms with van der Waals surface area (Å²) in [5.74, 6) is -2.30. The van der Waals surface area contributed by atoms with Crippen molar-refractivity contribution in [3.63, 3.8) is 0 Å². The monoisotopic (exact) mass is 253 g/mol. The Morgan fingerprint density at radius 2 is 2.33 bits per heavy atom. The highest BCUT2D eigenvalue weighted by Crippen LogP contribution is 2.25. The first kappa shape index (κ1) is 9.41. The van der Waals surface area contributed by atoms with E-state index in [0.29, 0.717) is 0 Å². The number of carboxylic acids is 1. The summed E-state index contributed by atoms with van der Waals surface area (Å²) in [6.45, 7) is 0. The van der Waals surface area contributed by atoms with Crippen LogP contribution in [0.5, 0.6) is 0 Å². The lowest BCUT2D eigenvalue weighted by Crippen LogP contribution is -2.03. The van der Waals surface area contributed by atoms with Gasteiger partial charge in [0.05, 0.1) is 10.7 Å². The third-order valence-corrected chi connectivity index (χ3v) is 2.43. The molecule has 0 spiro atoms. The van der Waals surface area contributed by atoms with Gasteiger partial charge in [0, 0.05) is 0 Å². The molecular weight excluding hydrogens is 252 g/mol. The van der Waals surface area contributed by atoms with E-state index in [1.165, 1.54) is 0 Å². The highest BCUT2D eigenvalue weighted by molar-refractivity contribution is 9.10. The fourth-order valence-corrected chi connectivity index (χ4v) is 1.24. The topological polar surface area (TPSA) is 50.2 Å². The maximum atomic E-state index is 12.7. The summed E-state index contributed by atoms with van der Waals surface area (Å²) in [7, 11) is 0. The molecule has 0 radical (unpaired) electrons. The summed E-state index contributed by atoms with van der Waals surface area (Å²) in [5.41, 5.74) is -0.505. The molecule has 0 aliphatic rings. The van der Waals surface area contributed by atoms with E-state index in [9.17, 15) is 9.18 Å². The predicted molar refractivity (Wildman–Crippen MR) is 43.9 cm³/mol. The van der Waals surface area contributed by atoms with E-state index in [4.69, 9.17) is 16.7 Å². The number of nitrogens with zero attached hydrogens (tertiary/aromatic N) is 1. The lowest BCUT2D eigenvalue weighted by Gasteiger charge is -2.00. The maximum absolute atomic E-state index is 12.7. The zero-order valence-electron chi connectivity index (χ0n) is 5.51. The van der Waals surface area contributed by atoms with Crippen molar-refractivity contribution in [3.8, 4) is 0 Å². The van der Waals surface area contributed by atoms with Crippen LogP contribution >= 0.6 is 27.5 Å². The number of carbonyl (C=O) groups is 1. The molecule has 0 amide bonds. The number of halogens is 3. The van der Waals surface area contributed by atoms with Gasteiger partial charge >= 0.3 is 5.97 Å². The Labute approximate surface area is 80.3 Å². The van der Waals surface area contributed by atoms with Gasteiger partial charge in [-0.3, -0.25) is 0 Å². The quantitative estimate of drug-likeness (QED) is 0.783. The zero-order chi connectivity index (χ0) is 9.30. The van der Waals surface area contributed by atoms with Crippen LogP contribution in [0, 0.1) is 5.82 Å². The SMILES string of the molecule is O=C(O)c1c(F)cnc(Cl)c1Br. The number of aromatic nitrogens is 1. The lowest BCUT2D eigenvalue weighted by molar-refractivity contribution is 0.0690. The average Bonchev–Trinajstić information content (AvgIpc) is 1.97. The Bertz CT molecular complexity index is 345. The summed E-state index contributed by atoms with van der Waals surface area (Å²) in [4.78, 5) is 13.8. The standard InChI is InChI=1S/C6H2BrClFNO2/c7-4-3(6(11)12)2(9)1-10-5(4)8/h1H,(H,11,12). The second-order valence-electron chi connectivity index (χ2n) is 1.89. The molecule has 0 aliphatic heterocycles. The Kier molecular flexibility index (Phi) is 2.64. The van der Waals surface area contributed by atoms with Crippen molar-refractivity contribution in [2.24, 2.45) is 0 Å². The maximum Gasteiger partial charge on any atom is 0.340 e. The number of pyridine rings is 1. The van der Waals surface area contributed by atoms with Crippen LogP contribution in [-0.4, -0.2) is 16.1 Å². The summed E-state index contributed by atoms with van der Waals surface area (Å²) >= 11 is 8.26. The van der Waals surface area contributed by atoms with E-state index in [-0.39, 0.29) is 9.63 Å². The van der Waals surface area contributed by atoms with Crippen molar-refractivity contribution < 1.29 is 14.3 Å². The fourth-order valence-electron chi connectivity index (χ4n) is 0.639. The molecule has 0 saturated carbocycles. The second-order valence-corrected chi connectivity index (χ2v) is 3.04. The predicted octanol–water partition coefficient (Wildman–Crippen LogP) is 2.33. The van der Waals surface area contributed by atoms with Crippen LogP contribution in [0.15, 0.2) is 10.7 Å². The molecule has 12 heavy (non-hydrogen) atoms. The van der Waals surface area contributed by atoms with Crippen LogP contribution in [0.25, 0.3) is 0 Å². The fraction of sp³-hybridized carbons (Fsp3) is 0. The number of hydrogen-bond acceptors (Lipinski definition) is 2. The van der Waals surface area contributed by atoms with Crippen molar-refractivity contribution in [1.29, 1.82) is 0 Å². The van der Waals surface area contributed by atoms with Gasteiger partial charge in [0.25, 0.3) is 0 Å². The van der Waals surface area contributed by atoms with E-state index in [2.05, 4.69) is 20.9 Å². The number of rotatable bonds is 1. The normalized spacial score (nSPS) is 9.92. The van der Waals surface area contributed by atoms with Crippen LogP contribution in [0.3, 0.4) is 0 Å². The van der Waals surface area contributed by atoms with Crippen LogP contribution in [0.2, 0.25) is 5.15 Å². The largest absolute Gasteiger partial charge is 0.478 e. The minimum absolute atomic E-state index is 0.0448. The van der Waals surface area contributed by atoms with Gasteiger partial charge in [-0.15, -0.1) is 0 Å². The number of aromatic carboxylic acids is 1. The van der Waals surface area contributed by atoms with Gasteiger partial charge in [-0.1, -0.05) is 11.6 Å². The summed E-state index contributed by atoms with van der Waals surface area (Å²) in [6, 6.07) is 0. The van der Waals surface area contributed by atoms with Crippen molar-refractivity contribution >= 4 is 33.5 Å². The van der Waals surface area contributed by atoms with Crippen LogP contribution in [0.1, 0.15) is 10.4 Å². The first-order valence-electron chi connectivity index (χ1n) is 2.77. The van der Waals surface area contributed by atoms with Crippen molar-refractivity contribution in [3.05, 3.63) is 27.2 Å². The molecule has 0 atom stereocenters. The summed E-state index contributed by atoms with van der Waals surface area (Å²) in [6.07, 6.45) is 0.760. The van der Waals surface area contributed by atoms with Gasteiger partial charge in [0.1, 0.15) is 10.7 Å². The summed E-state index contributed by atoms with van der Waals surface area (Å²) in [5, 5.41) is 8.44. The molecule has 0 fully saturated rings. The van der Waals surface area contributed by atoms with Gasteiger partial charge in [0.15, 0.2) is 5.82 Å². The molecule has 0 unspecified atom stereocenters. The number of carboxylic acid groups (broad SMARTS) is 1. The van der Waals surface area contributed by atoms with Crippen molar-refractivity contribution in [1.82, 2.24) is 4.98 Å². The molecule has 1 heterocycles. The lowest BCUT2D eigenvalue weighted by atomic mass is 10.2. The van der Waals surface area contributed by atoms with E-state index in [1.54, 1.807) is 0 Å². The Morgan fingerprint density at radius 3 is 2.75 bits per heavy atom. The Balaban J connectivity index is 3.43. The molecule has 1 rings (SSSR count). The van der Waals surface area contributed by atoms with Crippen molar-refractivity contribution in [2.75, 3.05) is 0 Å². The summed E-state index contributed by atoms with van der Waals surface area (Å²) < 4.78 is 12.7. The molecule has 3 nitrogen and oxygen atoms in total. The third kappa shape index (κ3) is 1.56. The first-order valence-corrected chi connectivity index (χ1v) is 3.94. The van der Waals surface area contributed by atoms with Gasteiger partial charge in [-0.25, -0.2) is 14.2 Å². The molecule has 1 aromatic heterocycles. The Morgan fingerprint density at radius 1 is 1.75 bits per heavy atom. The molecule has 0 saturated heterocycles. The molecule has 0 aliphatic carbocycles. The average molecular weight is 254 g/mol. The van der Waals surface area contributed by atoms with Gasteiger partial charge < -0.3 is 5.11 Å². The second kappa shape index (κ2) is 3.37. The molecule has 6 heteroatoms. The van der Waals surface area contributed by atoms with Gasteiger partial charge in [-0.05, 0) is 15.9 Å². The van der Waals surface area contributed by atoms with Crippen LogP contribution < -0.4 is 0 Å². The van der Waals surface area contributed by atoms with Gasteiger partial charge in [0.2, 0.25) is 0 Å². The molecule has 1 N–H and O–H groups in total. The van der Waals surface area contributed by atoms with Crippen molar-refractivity contribution in [2.45, 2.75) is 0 Å². The van der Waals surface area contributed by atoms with E-state index < -0.39 is 17.3 Å². The third-order valence-electron chi connectivity index (χ3n) is 1.14. The minimum Gasteiger partial charge on any atom is -0.478 e. The Hall–Kier alpha value is -0.680. The molecule has 1 aromatic rings. The van der Waals surface area contributed by atoms with Gasteiger partial charge in [-0.2, -0.15) is 0 Å². The molecular formula is C6H2BrClFNO2.